The lowest BCUT2D eigenvalue weighted by molar-refractivity contribution is -0.149. The first-order valence-electron chi connectivity index (χ1n) is 7.37. The van der Waals surface area contributed by atoms with Gasteiger partial charge in [-0.3, -0.25) is 9.59 Å². The number of halogens is 1. The van der Waals surface area contributed by atoms with Crippen LogP contribution in [0.15, 0.2) is 54.6 Å². The van der Waals surface area contributed by atoms with Crippen molar-refractivity contribution in [2.75, 3.05) is 11.9 Å². The van der Waals surface area contributed by atoms with Crippen LogP contribution in [0.2, 0.25) is 5.02 Å². The Balaban J connectivity index is 1.87. The summed E-state index contributed by atoms with van der Waals surface area (Å²) in [4.78, 5) is 24.0. The van der Waals surface area contributed by atoms with Crippen LogP contribution in [0.4, 0.5) is 5.69 Å². The Kier molecular flexibility index (Phi) is 6.18. The molecule has 0 saturated carbocycles. The van der Waals surface area contributed by atoms with Crippen LogP contribution in [0, 0.1) is 0 Å². The number of rotatable bonds is 6. The van der Waals surface area contributed by atoms with Crippen LogP contribution < -0.4 is 5.32 Å². The fourth-order valence-corrected chi connectivity index (χ4v) is 2.32. The van der Waals surface area contributed by atoms with E-state index in [1.54, 1.807) is 24.3 Å². The Labute approximate surface area is 140 Å². The maximum Gasteiger partial charge on any atom is 0.313 e. The van der Waals surface area contributed by atoms with Gasteiger partial charge in [-0.05, 0) is 36.2 Å². The first-order valence-corrected chi connectivity index (χ1v) is 7.75. The van der Waals surface area contributed by atoms with Crippen molar-refractivity contribution in [1.29, 1.82) is 0 Å². The Morgan fingerprint density at radius 2 is 1.74 bits per heavy atom. The normalized spacial score (nSPS) is 11.6. The molecule has 0 saturated heterocycles. The Morgan fingerprint density at radius 3 is 2.35 bits per heavy atom. The van der Waals surface area contributed by atoms with Crippen molar-refractivity contribution in [3.8, 4) is 0 Å². The SMILES string of the molecule is CC[C@@H](C(=O)OCC(=O)Nc1ccc(Cl)cc1)c1ccccc1. The minimum atomic E-state index is -0.398. The maximum absolute atomic E-state index is 12.2. The third-order valence-corrected chi connectivity index (χ3v) is 3.62. The van der Waals surface area contributed by atoms with Crippen LogP contribution in [0.3, 0.4) is 0 Å². The van der Waals surface area contributed by atoms with Crippen molar-refractivity contribution in [2.45, 2.75) is 19.3 Å². The zero-order valence-electron chi connectivity index (χ0n) is 12.8. The molecular formula is C18H18ClNO3. The molecule has 0 spiro atoms. The molecule has 4 nitrogen and oxygen atoms in total. The second-order valence-corrected chi connectivity index (χ2v) is 5.47. The van der Waals surface area contributed by atoms with Gasteiger partial charge in [-0.2, -0.15) is 0 Å². The summed E-state index contributed by atoms with van der Waals surface area (Å²) in [5.41, 5.74) is 1.49. The van der Waals surface area contributed by atoms with Crippen molar-refractivity contribution in [3.63, 3.8) is 0 Å². The molecule has 0 aliphatic carbocycles. The van der Waals surface area contributed by atoms with Crippen LogP contribution in [0.5, 0.6) is 0 Å². The molecule has 0 bridgehead atoms. The summed E-state index contributed by atoms with van der Waals surface area (Å²) in [6, 6.07) is 16.1. The fraction of sp³-hybridized carbons (Fsp3) is 0.222. The molecule has 120 valence electrons. The van der Waals surface area contributed by atoms with Gasteiger partial charge < -0.3 is 10.1 Å². The van der Waals surface area contributed by atoms with E-state index in [4.69, 9.17) is 16.3 Å². The molecule has 5 heteroatoms. The molecule has 0 aliphatic rings. The van der Waals surface area contributed by atoms with E-state index >= 15 is 0 Å². The van der Waals surface area contributed by atoms with E-state index in [-0.39, 0.29) is 18.4 Å². The summed E-state index contributed by atoms with van der Waals surface area (Å²) in [5, 5.41) is 3.23. The molecule has 0 fully saturated rings. The summed E-state index contributed by atoms with van der Waals surface area (Å²) in [6.45, 7) is 1.59. The average Bonchev–Trinajstić information content (AvgIpc) is 2.57. The molecule has 0 radical (unpaired) electrons. The molecule has 0 aliphatic heterocycles. The van der Waals surface area contributed by atoms with Crippen molar-refractivity contribution < 1.29 is 14.3 Å². The van der Waals surface area contributed by atoms with E-state index in [1.807, 2.05) is 37.3 Å². The molecule has 0 aromatic heterocycles. The van der Waals surface area contributed by atoms with E-state index < -0.39 is 5.97 Å². The lowest BCUT2D eigenvalue weighted by Gasteiger charge is -2.14. The number of hydrogen-bond donors (Lipinski definition) is 1. The molecule has 2 aromatic carbocycles. The summed E-state index contributed by atoms with van der Waals surface area (Å²) >= 11 is 5.78. The number of carbonyl (C=O) groups is 2. The molecule has 1 atom stereocenters. The average molecular weight is 332 g/mol. The summed E-state index contributed by atoms with van der Waals surface area (Å²) in [7, 11) is 0. The zero-order valence-corrected chi connectivity index (χ0v) is 13.5. The first kappa shape index (κ1) is 17.0. The van der Waals surface area contributed by atoms with Gasteiger partial charge in [-0.25, -0.2) is 0 Å². The third kappa shape index (κ3) is 5.11. The smallest absolute Gasteiger partial charge is 0.313 e. The molecular weight excluding hydrogens is 314 g/mol. The molecule has 0 heterocycles. The van der Waals surface area contributed by atoms with E-state index in [9.17, 15) is 9.59 Å². The fourth-order valence-electron chi connectivity index (χ4n) is 2.19. The van der Waals surface area contributed by atoms with Crippen molar-refractivity contribution in [3.05, 3.63) is 65.2 Å². The highest BCUT2D eigenvalue weighted by Gasteiger charge is 2.20. The first-order chi connectivity index (χ1) is 11.1. The molecule has 1 N–H and O–H groups in total. The molecule has 23 heavy (non-hydrogen) atoms. The lowest BCUT2D eigenvalue weighted by atomic mass is 9.97. The van der Waals surface area contributed by atoms with Crippen molar-refractivity contribution in [1.82, 2.24) is 0 Å². The number of ether oxygens (including phenoxy) is 1. The summed E-state index contributed by atoms with van der Waals surface area (Å²) < 4.78 is 5.13. The second-order valence-electron chi connectivity index (χ2n) is 5.03. The van der Waals surface area contributed by atoms with Gasteiger partial charge in [0.25, 0.3) is 5.91 Å². The summed E-state index contributed by atoms with van der Waals surface area (Å²) in [6.07, 6.45) is 0.613. The van der Waals surface area contributed by atoms with Gasteiger partial charge in [-0.1, -0.05) is 48.9 Å². The Bertz CT molecular complexity index is 656. The molecule has 2 aromatic rings. The predicted octanol–water partition coefficient (Wildman–Crippen LogP) is 4.02. The largest absolute Gasteiger partial charge is 0.455 e. The van der Waals surface area contributed by atoms with Gasteiger partial charge in [0.15, 0.2) is 6.61 Å². The number of benzene rings is 2. The Morgan fingerprint density at radius 1 is 1.09 bits per heavy atom. The van der Waals surface area contributed by atoms with Crippen LogP contribution in [-0.4, -0.2) is 18.5 Å². The maximum atomic E-state index is 12.2. The van der Waals surface area contributed by atoms with Gasteiger partial charge in [0, 0.05) is 10.7 Å². The van der Waals surface area contributed by atoms with E-state index in [0.29, 0.717) is 17.1 Å². The third-order valence-electron chi connectivity index (χ3n) is 3.37. The topological polar surface area (TPSA) is 55.4 Å². The van der Waals surface area contributed by atoms with E-state index in [2.05, 4.69) is 5.32 Å². The highest BCUT2D eigenvalue weighted by molar-refractivity contribution is 6.30. The van der Waals surface area contributed by atoms with Crippen LogP contribution in [0.25, 0.3) is 0 Å². The lowest BCUT2D eigenvalue weighted by Crippen LogP contribution is -2.23. The highest BCUT2D eigenvalue weighted by Crippen LogP contribution is 2.20. The minimum absolute atomic E-state index is 0.315. The number of amides is 1. The summed E-state index contributed by atoms with van der Waals surface area (Å²) in [5.74, 6) is -1.15. The number of anilines is 1. The van der Waals surface area contributed by atoms with Crippen LogP contribution >= 0.6 is 11.6 Å². The van der Waals surface area contributed by atoms with Gasteiger partial charge in [0.2, 0.25) is 0 Å². The number of esters is 1. The number of hydrogen-bond acceptors (Lipinski definition) is 3. The van der Waals surface area contributed by atoms with Gasteiger partial charge in [-0.15, -0.1) is 0 Å². The monoisotopic (exact) mass is 331 g/mol. The van der Waals surface area contributed by atoms with Gasteiger partial charge in [0.1, 0.15) is 0 Å². The zero-order chi connectivity index (χ0) is 16.7. The molecule has 1 amide bonds. The van der Waals surface area contributed by atoms with Crippen LogP contribution in [0.1, 0.15) is 24.8 Å². The number of nitrogens with one attached hydrogen (secondary N) is 1. The minimum Gasteiger partial charge on any atom is -0.455 e. The highest BCUT2D eigenvalue weighted by atomic mass is 35.5. The van der Waals surface area contributed by atoms with Gasteiger partial charge >= 0.3 is 5.97 Å². The Hall–Kier alpha value is -2.33. The standard InChI is InChI=1S/C18H18ClNO3/c1-2-16(13-6-4-3-5-7-13)18(22)23-12-17(21)20-15-10-8-14(19)9-11-15/h3-11,16H,2,12H2,1H3,(H,20,21)/t16-/m1/s1. The van der Waals surface area contributed by atoms with Crippen LogP contribution in [-0.2, 0) is 14.3 Å². The predicted molar refractivity (Wildman–Crippen MR) is 90.5 cm³/mol. The number of carbonyl (C=O) groups excluding carboxylic acids is 2. The second kappa shape index (κ2) is 8.34. The van der Waals surface area contributed by atoms with E-state index in [0.717, 1.165) is 5.56 Å². The van der Waals surface area contributed by atoms with Crippen molar-refractivity contribution >= 4 is 29.2 Å². The van der Waals surface area contributed by atoms with Gasteiger partial charge in [0.05, 0.1) is 5.92 Å². The van der Waals surface area contributed by atoms with Crippen molar-refractivity contribution in [2.24, 2.45) is 0 Å². The quantitative estimate of drug-likeness (QED) is 0.813. The van der Waals surface area contributed by atoms with E-state index in [1.165, 1.54) is 0 Å². The molecule has 0 unspecified atom stereocenters. The molecule has 2 rings (SSSR count).